The molecule has 1 aromatic heterocycles. The summed E-state index contributed by atoms with van der Waals surface area (Å²) in [5.74, 6) is 1.28. The molecule has 1 aromatic carbocycles. The lowest BCUT2D eigenvalue weighted by Crippen LogP contribution is -2.00. The summed E-state index contributed by atoms with van der Waals surface area (Å²) in [6.45, 7) is 1.99. The molecule has 1 N–H and O–H groups in total. The van der Waals surface area contributed by atoms with Gasteiger partial charge >= 0.3 is 0 Å². The molecule has 0 fully saturated rings. The Morgan fingerprint density at radius 2 is 2.29 bits per heavy atom. The highest BCUT2D eigenvalue weighted by molar-refractivity contribution is 9.10. The SMILES string of the molecule is C[C@H](O)c1cc(Br)ccc1OCc1ccno1. The summed E-state index contributed by atoms with van der Waals surface area (Å²) in [5.41, 5.74) is 0.735. The summed E-state index contributed by atoms with van der Waals surface area (Å²) in [6.07, 6.45) is 0.979. The molecule has 0 saturated heterocycles. The van der Waals surface area contributed by atoms with Crippen LogP contribution in [0.4, 0.5) is 0 Å². The molecule has 4 nitrogen and oxygen atoms in total. The third-order valence-electron chi connectivity index (χ3n) is 2.28. The van der Waals surface area contributed by atoms with Crippen molar-refractivity contribution in [3.63, 3.8) is 0 Å². The number of aliphatic hydroxyl groups excluding tert-OH is 1. The van der Waals surface area contributed by atoms with Crippen LogP contribution in [0.25, 0.3) is 0 Å². The van der Waals surface area contributed by atoms with E-state index in [4.69, 9.17) is 9.26 Å². The Kier molecular flexibility index (Phi) is 3.81. The van der Waals surface area contributed by atoms with Gasteiger partial charge in [0.2, 0.25) is 0 Å². The molecular weight excluding hydrogens is 286 g/mol. The lowest BCUT2D eigenvalue weighted by Gasteiger charge is -2.12. The van der Waals surface area contributed by atoms with E-state index in [0.29, 0.717) is 18.1 Å². The molecular formula is C12H12BrNO3. The number of halogens is 1. The fourth-order valence-electron chi connectivity index (χ4n) is 1.44. The Hall–Kier alpha value is -1.33. The molecule has 0 radical (unpaired) electrons. The van der Waals surface area contributed by atoms with E-state index in [2.05, 4.69) is 21.1 Å². The summed E-state index contributed by atoms with van der Waals surface area (Å²) in [4.78, 5) is 0. The Morgan fingerprint density at radius 3 is 2.94 bits per heavy atom. The predicted octanol–water partition coefficient (Wildman–Crippen LogP) is 3.07. The van der Waals surface area contributed by atoms with Crippen LogP contribution in [0.5, 0.6) is 5.75 Å². The van der Waals surface area contributed by atoms with Crippen molar-refractivity contribution < 1.29 is 14.4 Å². The zero-order valence-electron chi connectivity index (χ0n) is 9.26. The standard InChI is InChI=1S/C12H12BrNO3/c1-8(15)11-6-9(13)2-3-12(11)16-7-10-4-5-14-17-10/h2-6,8,15H,7H2,1H3/t8-/m0/s1. The molecule has 0 unspecified atom stereocenters. The number of aromatic nitrogens is 1. The predicted molar refractivity (Wildman–Crippen MR) is 65.6 cm³/mol. The minimum absolute atomic E-state index is 0.293. The number of ether oxygens (including phenoxy) is 1. The van der Waals surface area contributed by atoms with Crippen LogP contribution in [0.2, 0.25) is 0 Å². The summed E-state index contributed by atoms with van der Waals surface area (Å²) >= 11 is 3.36. The molecule has 5 heteroatoms. The molecule has 1 atom stereocenters. The van der Waals surface area contributed by atoms with Crippen molar-refractivity contribution in [1.29, 1.82) is 0 Å². The minimum Gasteiger partial charge on any atom is -0.485 e. The van der Waals surface area contributed by atoms with Gasteiger partial charge in [-0.05, 0) is 25.1 Å². The Balaban J connectivity index is 2.14. The van der Waals surface area contributed by atoms with E-state index in [-0.39, 0.29) is 0 Å². The van der Waals surface area contributed by atoms with Gasteiger partial charge in [0, 0.05) is 16.1 Å². The summed E-state index contributed by atoms with van der Waals surface area (Å²) < 4.78 is 11.4. The smallest absolute Gasteiger partial charge is 0.174 e. The van der Waals surface area contributed by atoms with Crippen LogP contribution in [0.1, 0.15) is 24.4 Å². The zero-order valence-corrected chi connectivity index (χ0v) is 10.8. The molecule has 0 amide bonds. The van der Waals surface area contributed by atoms with Crippen LogP contribution >= 0.6 is 15.9 Å². The van der Waals surface area contributed by atoms with Crippen LogP contribution in [0.15, 0.2) is 39.5 Å². The van der Waals surface area contributed by atoms with E-state index in [9.17, 15) is 5.11 Å². The Morgan fingerprint density at radius 1 is 1.47 bits per heavy atom. The summed E-state index contributed by atoms with van der Waals surface area (Å²) in [7, 11) is 0. The quantitative estimate of drug-likeness (QED) is 0.942. The molecule has 0 aliphatic carbocycles. The first-order valence-electron chi connectivity index (χ1n) is 5.16. The van der Waals surface area contributed by atoms with Gasteiger partial charge in [-0.15, -0.1) is 0 Å². The molecule has 0 spiro atoms. The van der Waals surface area contributed by atoms with Gasteiger partial charge in [-0.3, -0.25) is 0 Å². The summed E-state index contributed by atoms with van der Waals surface area (Å²) in [6, 6.07) is 7.24. The Bertz CT molecular complexity index is 483. The van der Waals surface area contributed by atoms with E-state index in [0.717, 1.165) is 10.0 Å². The van der Waals surface area contributed by atoms with E-state index in [1.165, 1.54) is 0 Å². The fourth-order valence-corrected chi connectivity index (χ4v) is 1.82. The van der Waals surface area contributed by atoms with Gasteiger partial charge in [-0.2, -0.15) is 0 Å². The molecule has 0 bridgehead atoms. The first-order chi connectivity index (χ1) is 8.16. The van der Waals surface area contributed by atoms with Crippen LogP contribution in [0.3, 0.4) is 0 Å². The number of rotatable bonds is 4. The molecule has 90 valence electrons. The number of hydrogen-bond acceptors (Lipinski definition) is 4. The van der Waals surface area contributed by atoms with Gasteiger partial charge in [0.25, 0.3) is 0 Å². The molecule has 0 aliphatic heterocycles. The van der Waals surface area contributed by atoms with Crippen molar-refractivity contribution in [3.8, 4) is 5.75 Å². The largest absolute Gasteiger partial charge is 0.485 e. The van der Waals surface area contributed by atoms with Gasteiger partial charge < -0.3 is 14.4 Å². The molecule has 0 aliphatic rings. The average molecular weight is 298 g/mol. The van der Waals surface area contributed by atoms with E-state index >= 15 is 0 Å². The second kappa shape index (κ2) is 5.33. The normalized spacial score (nSPS) is 12.4. The van der Waals surface area contributed by atoms with Crippen LogP contribution < -0.4 is 4.74 Å². The maximum absolute atomic E-state index is 9.65. The monoisotopic (exact) mass is 297 g/mol. The minimum atomic E-state index is -0.586. The van der Waals surface area contributed by atoms with Gasteiger partial charge in [0.1, 0.15) is 12.4 Å². The maximum Gasteiger partial charge on any atom is 0.174 e. The number of benzene rings is 1. The lowest BCUT2D eigenvalue weighted by molar-refractivity contribution is 0.186. The van der Waals surface area contributed by atoms with Crippen molar-refractivity contribution >= 4 is 15.9 Å². The highest BCUT2D eigenvalue weighted by atomic mass is 79.9. The van der Waals surface area contributed by atoms with Crippen LogP contribution in [0, 0.1) is 0 Å². The number of hydrogen-bond donors (Lipinski definition) is 1. The van der Waals surface area contributed by atoms with Crippen molar-refractivity contribution in [3.05, 3.63) is 46.3 Å². The summed E-state index contributed by atoms with van der Waals surface area (Å²) in [5, 5.41) is 13.2. The number of aliphatic hydroxyl groups is 1. The molecule has 1 heterocycles. The first kappa shape index (κ1) is 12.1. The van der Waals surface area contributed by atoms with Gasteiger partial charge in [0.15, 0.2) is 5.76 Å². The zero-order chi connectivity index (χ0) is 12.3. The van der Waals surface area contributed by atoms with Crippen molar-refractivity contribution in [2.24, 2.45) is 0 Å². The average Bonchev–Trinajstić information content (AvgIpc) is 2.80. The molecule has 2 rings (SSSR count). The Labute approximate surface area is 107 Å². The highest BCUT2D eigenvalue weighted by Gasteiger charge is 2.10. The molecule has 17 heavy (non-hydrogen) atoms. The third kappa shape index (κ3) is 3.08. The van der Waals surface area contributed by atoms with Crippen molar-refractivity contribution in [2.45, 2.75) is 19.6 Å². The first-order valence-corrected chi connectivity index (χ1v) is 5.96. The highest BCUT2D eigenvalue weighted by Crippen LogP contribution is 2.29. The lowest BCUT2D eigenvalue weighted by atomic mass is 10.1. The van der Waals surface area contributed by atoms with E-state index in [1.807, 2.05) is 18.2 Å². The van der Waals surface area contributed by atoms with Gasteiger partial charge in [0.05, 0.1) is 12.3 Å². The fraction of sp³-hybridized carbons (Fsp3) is 0.250. The van der Waals surface area contributed by atoms with E-state index < -0.39 is 6.10 Å². The van der Waals surface area contributed by atoms with Crippen molar-refractivity contribution in [1.82, 2.24) is 5.16 Å². The second-order valence-electron chi connectivity index (χ2n) is 3.63. The maximum atomic E-state index is 9.65. The van der Waals surface area contributed by atoms with Gasteiger partial charge in [-0.25, -0.2) is 0 Å². The van der Waals surface area contributed by atoms with Crippen LogP contribution in [-0.4, -0.2) is 10.3 Å². The molecule has 0 saturated carbocycles. The van der Waals surface area contributed by atoms with Gasteiger partial charge in [-0.1, -0.05) is 21.1 Å². The van der Waals surface area contributed by atoms with Crippen molar-refractivity contribution in [2.75, 3.05) is 0 Å². The van der Waals surface area contributed by atoms with Crippen LogP contribution in [-0.2, 0) is 6.61 Å². The third-order valence-corrected chi connectivity index (χ3v) is 2.78. The topological polar surface area (TPSA) is 55.5 Å². The molecule has 2 aromatic rings. The van der Waals surface area contributed by atoms with E-state index in [1.54, 1.807) is 19.2 Å². The second-order valence-corrected chi connectivity index (χ2v) is 4.54. The number of nitrogens with zero attached hydrogens (tertiary/aromatic N) is 1.